The smallest absolute Gasteiger partial charge is 0.217 e. The third-order valence-corrected chi connectivity index (χ3v) is 11.6. The Morgan fingerprint density at radius 1 is 0.702 bits per heavy atom. The van der Waals surface area contributed by atoms with E-state index in [1.54, 1.807) is 11.3 Å². The number of thiazole rings is 1. The van der Waals surface area contributed by atoms with Crippen LogP contribution >= 0.6 is 11.3 Å². The van der Waals surface area contributed by atoms with Crippen molar-refractivity contribution in [3.05, 3.63) is 56.6 Å². The number of hydrogen-bond acceptors (Lipinski definition) is 10. The monoisotopic (exact) mass is 809 g/mol. The van der Waals surface area contributed by atoms with Crippen LogP contribution in [0.1, 0.15) is 140 Å². The molecule has 8 heterocycles. The van der Waals surface area contributed by atoms with E-state index in [1.807, 2.05) is 17.1 Å². The molecule has 0 N–H and O–H groups in total. The van der Waals surface area contributed by atoms with Gasteiger partial charge in [-0.15, -0.1) is 11.3 Å². The lowest BCUT2D eigenvalue weighted by molar-refractivity contribution is 0.0797. The summed E-state index contributed by atoms with van der Waals surface area (Å²) in [4.78, 5) is 17.4. The van der Waals surface area contributed by atoms with Crippen LogP contribution in [0.4, 0.5) is 0 Å². The maximum atomic E-state index is 5.86. The van der Waals surface area contributed by atoms with Crippen molar-refractivity contribution in [3.63, 3.8) is 0 Å². The Kier molecular flexibility index (Phi) is 14.4. The average Bonchev–Trinajstić information content (AvgIpc) is 3.94. The first-order chi connectivity index (χ1) is 26.6. The van der Waals surface area contributed by atoms with E-state index in [2.05, 4.69) is 126 Å². The fourth-order valence-corrected chi connectivity index (χ4v) is 7.98. The first-order valence-electron chi connectivity index (χ1n) is 20.9. The van der Waals surface area contributed by atoms with E-state index in [0.29, 0.717) is 6.61 Å². The lowest BCUT2D eigenvalue weighted by Gasteiger charge is -2.24. The molecule has 0 spiro atoms. The predicted molar refractivity (Wildman–Crippen MR) is 229 cm³/mol. The number of fused-ring (bicyclic) bond motifs is 4. The molecule has 318 valence electrons. The highest BCUT2D eigenvalue weighted by molar-refractivity contribution is 7.11. The maximum absolute atomic E-state index is 5.86. The zero-order valence-corrected chi connectivity index (χ0v) is 38.5. The van der Waals surface area contributed by atoms with E-state index in [4.69, 9.17) is 23.9 Å². The van der Waals surface area contributed by atoms with Gasteiger partial charge in [-0.2, -0.15) is 5.10 Å². The molecule has 0 saturated heterocycles. The van der Waals surface area contributed by atoms with Gasteiger partial charge in [-0.25, -0.2) is 19.6 Å². The van der Waals surface area contributed by atoms with Crippen molar-refractivity contribution in [2.45, 2.75) is 163 Å². The molecule has 13 heteroatoms. The van der Waals surface area contributed by atoms with Crippen molar-refractivity contribution < 1.29 is 18.9 Å². The van der Waals surface area contributed by atoms with Gasteiger partial charge >= 0.3 is 0 Å². The summed E-state index contributed by atoms with van der Waals surface area (Å²) in [6.07, 6.45) is 8.03. The Bertz CT molecular complexity index is 1800. The first kappa shape index (κ1) is 44.8. The molecule has 4 aromatic heterocycles. The lowest BCUT2D eigenvalue weighted by Crippen LogP contribution is -2.24. The summed E-state index contributed by atoms with van der Waals surface area (Å²) in [6.45, 7) is 35.1. The molecule has 0 aromatic carbocycles. The molecule has 0 amide bonds. The highest BCUT2D eigenvalue weighted by Gasteiger charge is 2.30. The third kappa shape index (κ3) is 11.7. The second-order valence-electron chi connectivity index (χ2n) is 19.8. The number of likely N-dealkylation sites (N-methyl/N-ethyl adjacent to an activating group) is 1. The van der Waals surface area contributed by atoms with Crippen molar-refractivity contribution in [1.29, 1.82) is 0 Å². The van der Waals surface area contributed by atoms with Crippen molar-refractivity contribution in [2.24, 2.45) is 0 Å². The van der Waals surface area contributed by atoms with Gasteiger partial charge in [0.2, 0.25) is 11.8 Å². The van der Waals surface area contributed by atoms with Gasteiger partial charge in [0.25, 0.3) is 0 Å². The van der Waals surface area contributed by atoms with Crippen molar-refractivity contribution in [3.8, 4) is 11.8 Å². The van der Waals surface area contributed by atoms with Crippen molar-refractivity contribution in [1.82, 2.24) is 38.8 Å². The normalized spacial score (nSPS) is 16.5. The number of imidazole rings is 2. The van der Waals surface area contributed by atoms with Gasteiger partial charge in [0, 0.05) is 79.1 Å². The molecule has 12 nitrogen and oxygen atoms in total. The van der Waals surface area contributed by atoms with E-state index in [9.17, 15) is 0 Å². The highest BCUT2D eigenvalue weighted by Crippen LogP contribution is 2.35. The molecule has 0 unspecified atom stereocenters. The van der Waals surface area contributed by atoms with Gasteiger partial charge in [0.05, 0.1) is 54.8 Å². The Balaban J connectivity index is 0.000000147. The molecule has 4 aromatic rings. The van der Waals surface area contributed by atoms with Crippen LogP contribution in [0.15, 0.2) is 12.4 Å². The van der Waals surface area contributed by atoms with Gasteiger partial charge in [-0.3, -0.25) is 4.57 Å². The summed E-state index contributed by atoms with van der Waals surface area (Å²) in [5.41, 5.74) is 5.44. The summed E-state index contributed by atoms with van der Waals surface area (Å²) in [6, 6.07) is 0. The maximum Gasteiger partial charge on any atom is 0.217 e. The second kappa shape index (κ2) is 18.3. The van der Waals surface area contributed by atoms with Gasteiger partial charge < -0.3 is 28.4 Å². The van der Waals surface area contributed by atoms with E-state index < -0.39 is 0 Å². The molecule has 4 aliphatic rings. The summed E-state index contributed by atoms with van der Waals surface area (Å²) >= 11 is 1.81. The minimum absolute atomic E-state index is 0.0464. The zero-order valence-electron chi connectivity index (χ0n) is 37.7. The Labute approximate surface area is 346 Å². The quantitative estimate of drug-likeness (QED) is 0.202. The molecule has 0 bridgehead atoms. The molecule has 57 heavy (non-hydrogen) atoms. The average molecular weight is 809 g/mol. The SMILES string of the molecule is CC(C)(C)c1cnc2n1CCOC2.CC(C)(C)c1cnn2c1OCCC2.CC(C)(C)c1nc2c(s1)COCC2.CN(C)CCc1nc(C(C)(C)C)c2n1CCCO2. The van der Waals surface area contributed by atoms with Gasteiger partial charge in [0.15, 0.2) is 0 Å². The standard InChI is InChI=1S/C14H25N3O.2C10H16N2O.C10H15NOS/c1-14(2,3)12-13-17(8-6-10-18-13)11(15-12)7-9-16(4)5;1-10(2,3)8-6-11-9-7-13-5-4-12(8)9;1-10(2,3)8-7-11-12-5-4-6-13-9(8)12;1-10(2,3)9-11-7-4-5-12-6-8(7)13-9/h6-10H2,1-5H3;6H,4-5,7H2,1-3H3;7H,4-6H2,1-3H3;4-6H2,1-3H3. The minimum Gasteiger partial charge on any atom is -0.478 e. The number of aryl methyl sites for hydroxylation is 1. The van der Waals surface area contributed by atoms with Crippen LogP contribution in [0, 0.1) is 0 Å². The van der Waals surface area contributed by atoms with Gasteiger partial charge in [-0.05, 0) is 25.9 Å². The molecule has 8 rings (SSSR count). The van der Waals surface area contributed by atoms with Crippen molar-refractivity contribution in [2.75, 3.05) is 47.1 Å². The van der Waals surface area contributed by atoms with E-state index >= 15 is 0 Å². The van der Waals surface area contributed by atoms with Crippen LogP contribution in [0.2, 0.25) is 0 Å². The minimum atomic E-state index is 0.0464. The summed E-state index contributed by atoms with van der Waals surface area (Å²) in [5.74, 6) is 4.21. The summed E-state index contributed by atoms with van der Waals surface area (Å²) < 4.78 is 28.7. The van der Waals surface area contributed by atoms with Gasteiger partial charge in [-0.1, -0.05) is 83.1 Å². The Hall–Kier alpha value is -3.26. The molecule has 0 radical (unpaired) electrons. The number of nitrogens with zero attached hydrogens (tertiary/aromatic N) is 8. The van der Waals surface area contributed by atoms with Crippen molar-refractivity contribution >= 4 is 11.3 Å². The van der Waals surface area contributed by atoms with Crippen LogP contribution in [-0.2, 0) is 76.8 Å². The number of aromatic nitrogens is 7. The number of rotatable bonds is 3. The fraction of sp³-hybridized carbons (Fsp3) is 0.727. The molecule has 0 fully saturated rings. The predicted octanol–water partition coefficient (Wildman–Crippen LogP) is 8.25. The second-order valence-corrected chi connectivity index (χ2v) is 20.9. The molecular formula is C44H72N8O4S. The molecule has 0 aliphatic carbocycles. The van der Waals surface area contributed by atoms with Crippen LogP contribution in [-0.4, -0.2) is 85.8 Å². The first-order valence-corrected chi connectivity index (χ1v) is 21.7. The van der Waals surface area contributed by atoms with E-state index in [1.165, 1.54) is 32.7 Å². The van der Waals surface area contributed by atoms with Crippen LogP contribution in [0.5, 0.6) is 11.8 Å². The molecule has 4 aliphatic heterocycles. The molecule has 0 atom stereocenters. The zero-order chi connectivity index (χ0) is 41.8. The van der Waals surface area contributed by atoms with E-state index in [0.717, 1.165) is 108 Å². The molecular weight excluding hydrogens is 737 g/mol. The topological polar surface area (TPSA) is 107 Å². The summed E-state index contributed by atoms with van der Waals surface area (Å²) in [7, 11) is 4.20. The molecule has 0 saturated carbocycles. The van der Waals surface area contributed by atoms with Gasteiger partial charge in [0.1, 0.15) is 23.9 Å². The summed E-state index contributed by atoms with van der Waals surface area (Å²) in [5, 5.41) is 5.55. The van der Waals surface area contributed by atoms with Crippen LogP contribution in [0.25, 0.3) is 0 Å². The lowest BCUT2D eigenvalue weighted by atomic mass is 9.89. The Morgan fingerprint density at radius 3 is 2.02 bits per heavy atom. The fourth-order valence-electron chi connectivity index (χ4n) is 6.88. The largest absolute Gasteiger partial charge is 0.478 e. The van der Waals surface area contributed by atoms with E-state index in [-0.39, 0.29) is 21.7 Å². The highest BCUT2D eigenvalue weighted by atomic mass is 32.1. The van der Waals surface area contributed by atoms with Crippen LogP contribution < -0.4 is 9.47 Å². The third-order valence-electron chi connectivity index (χ3n) is 10.1. The Morgan fingerprint density at radius 2 is 1.39 bits per heavy atom. The van der Waals surface area contributed by atoms with Crippen LogP contribution in [0.3, 0.4) is 0 Å². The number of ether oxygens (including phenoxy) is 4. The number of hydrogen-bond donors (Lipinski definition) is 0.